The summed E-state index contributed by atoms with van der Waals surface area (Å²) in [6, 6.07) is 13.1. The van der Waals surface area contributed by atoms with Crippen LogP contribution in [0.2, 0.25) is 0 Å². The highest BCUT2D eigenvalue weighted by Gasteiger charge is 2.23. The molecule has 1 atom stereocenters. The van der Waals surface area contributed by atoms with Gasteiger partial charge in [-0.3, -0.25) is 9.36 Å². The van der Waals surface area contributed by atoms with E-state index in [0.717, 1.165) is 0 Å². The minimum Gasteiger partial charge on any atom is -0.382 e. The summed E-state index contributed by atoms with van der Waals surface area (Å²) < 4.78 is 16.0. The summed E-state index contributed by atoms with van der Waals surface area (Å²) in [7, 11) is 1.72. The third-order valence-corrected chi connectivity index (χ3v) is 5.04. The fraction of sp³-hybridized carbons (Fsp3) is 0.182. The molecule has 0 radical (unpaired) electrons. The lowest BCUT2D eigenvalue weighted by atomic mass is 10.1. The van der Waals surface area contributed by atoms with Gasteiger partial charge in [0.05, 0.1) is 17.2 Å². The molecule has 0 saturated carbocycles. The van der Waals surface area contributed by atoms with Crippen LogP contribution in [0, 0.1) is 5.82 Å². The molecule has 9 heteroatoms. The van der Waals surface area contributed by atoms with E-state index in [1.54, 1.807) is 31.3 Å². The Morgan fingerprint density at radius 3 is 2.61 bits per heavy atom. The number of nitrogens with zero attached hydrogens (tertiary/aromatic N) is 4. The van der Waals surface area contributed by atoms with E-state index < -0.39 is 17.4 Å². The standard InChI is InChI=1S/C22H22FN7O/c1-3-15(28-20-18(25-2)19(24)26-12-27-20)21-29-16-11-7-10-14(23)17(16)22(31)30(21)13-8-5-4-6-9-13/h4-12,15,25H,3H2,1-2H3,(H3,24,26,27,28)/t15-/m0/s1. The normalized spacial score (nSPS) is 12.0. The van der Waals surface area contributed by atoms with Crippen LogP contribution in [0.4, 0.5) is 21.7 Å². The van der Waals surface area contributed by atoms with E-state index in [2.05, 4.69) is 25.6 Å². The van der Waals surface area contributed by atoms with Crippen molar-refractivity contribution in [2.75, 3.05) is 23.4 Å². The highest BCUT2D eigenvalue weighted by Crippen LogP contribution is 2.29. The first-order valence-electron chi connectivity index (χ1n) is 9.86. The largest absolute Gasteiger partial charge is 0.382 e. The monoisotopic (exact) mass is 419 g/mol. The van der Waals surface area contributed by atoms with Crippen molar-refractivity contribution in [3.63, 3.8) is 0 Å². The number of halogens is 1. The third kappa shape index (κ3) is 3.65. The van der Waals surface area contributed by atoms with E-state index in [1.807, 2.05) is 25.1 Å². The van der Waals surface area contributed by atoms with Gasteiger partial charge in [0.25, 0.3) is 5.56 Å². The van der Waals surface area contributed by atoms with E-state index in [0.29, 0.717) is 40.8 Å². The van der Waals surface area contributed by atoms with Gasteiger partial charge >= 0.3 is 0 Å². The number of anilines is 3. The SMILES string of the molecule is CC[C@H](Nc1ncnc(N)c1NC)c1nc2cccc(F)c2c(=O)n1-c1ccccc1. The van der Waals surface area contributed by atoms with Crippen molar-refractivity contribution in [1.29, 1.82) is 0 Å². The molecule has 2 heterocycles. The third-order valence-electron chi connectivity index (χ3n) is 5.04. The number of nitrogens with one attached hydrogen (secondary N) is 2. The van der Waals surface area contributed by atoms with Crippen LogP contribution in [0.1, 0.15) is 25.2 Å². The molecule has 4 rings (SSSR count). The predicted octanol–water partition coefficient (Wildman–Crippen LogP) is 3.50. The molecule has 31 heavy (non-hydrogen) atoms. The van der Waals surface area contributed by atoms with Crippen LogP contribution in [0.25, 0.3) is 16.6 Å². The van der Waals surface area contributed by atoms with E-state index in [1.165, 1.54) is 17.0 Å². The number of hydrogen-bond acceptors (Lipinski definition) is 7. The highest BCUT2D eigenvalue weighted by atomic mass is 19.1. The fourth-order valence-corrected chi connectivity index (χ4v) is 3.54. The van der Waals surface area contributed by atoms with Crippen molar-refractivity contribution in [1.82, 2.24) is 19.5 Å². The maximum Gasteiger partial charge on any atom is 0.269 e. The average molecular weight is 419 g/mol. The number of para-hydroxylation sites is 1. The zero-order chi connectivity index (χ0) is 22.0. The van der Waals surface area contributed by atoms with Gasteiger partial charge in [-0.2, -0.15) is 0 Å². The summed E-state index contributed by atoms with van der Waals surface area (Å²) >= 11 is 0. The number of hydrogen-bond donors (Lipinski definition) is 3. The van der Waals surface area contributed by atoms with Gasteiger partial charge in [0.2, 0.25) is 0 Å². The molecule has 8 nitrogen and oxygen atoms in total. The van der Waals surface area contributed by atoms with Gasteiger partial charge in [-0.05, 0) is 30.7 Å². The second-order valence-corrected chi connectivity index (χ2v) is 6.92. The van der Waals surface area contributed by atoms with Crippen molar-refractivity contribution < 1.29 is 4.39 Å². The number of nitrogen functional groups attached to an aromatic ring is 1. The topological polar surface area (TPSA) is 111 Å². The minimum absolute atomic E-state index is 0.0489. The quantitative estimate of drug-likeness (QED) is 0.439. The lowest BCUT2D eigenvalue weighted by Gasteiger charge is -2.23. The van der Waals surface area contributed by atoms with Gasteiger partial charge in [0, 0.05) is 7.05 Å². The first-order valence-corrected chi connectivity index (χ1v) is 9.86. The van der Waals surface area contributed by atoms with Gasteiger partial charge in [0.1, 0.15) is 29.0 Å². The number of benzene rings is 2. The molecule has 2 aromatic heterocycles. The molecule has 0 spiro atoms. The maximum absolute atomic E-state index is 14.5. The van der Waals surface area contributed by atoms with Crippen LogP contribution in [0.5, 0.6) is 0 Å². The second kappa shape index (κ2) is 8.39. The van der Waals surface area contributed by atoms with E-state index >= 15 is 0 Å². The Balaban J connectivity index is 1.95. The van der Waals surface area contributed by atoms with Crippen LogP contribution in [-0.2, 0) is 0 Å². The molecule has 4 N–H and O–H groups in total. The Morgan fingerprint density at radius 1 is 1.13 bits per heavy atom. The molecule has 158 valence electrons. The Kier molecular flexibility index (Phi) is 5.48. The van der Waals surface area contributed by atoms with E-state index in [4.69, 9.17) is 5.73 Å². The van der Waals surface area contributed by atoms with Crippen LogP contribution in [-0.4, -0.2) is 26.6 Å². The summed E-state index contributed by atoms with van der Waals surface area (Å²) in [5.74, 6) is 0.614. The number of aromatic nitrogens is 4. The highest BCUT2D eigenvalue weighted by molar-refractivity contribution is 5.79. The van der Waals surface area contributed by atoms with Gasteiger partial charge in [-0.25, -0.2) is 19.3 Å². The first kappa shape index (κ1) is 20.3. The smallest absolute Gasteiger partial charge is 0.269 e. The Morgan fingerprint density at radius 2 is 1.90 bits per heavy atom. The van der Waals surface area contributed by atoms with Gasteiger partial charge < -0.3 is 16.4 Å². The summed E-state index contributed by atoms with van der Waals surface area (Å²) in [5.41, 5.74) is 6.92. The van der Waals surface area contributed by atoms with Crippen LogP contribution < -0.4 is 21.9 Å². The molecule has 0 fully saturated rings. The molecular weight excluding hydrogens is 397 g/mol. The lowest BCUT2D eigenvalue weighted by molar-refractivity contribution is 0.630. The lowest BCUT2D eigenvalue weighted by Crippen LogP contribution is -2.29. The van der Waals surface area contributed by atoms with Gasteiger partial charge in [-0.1, -0.05) is 31.2 Å². The summed E-state index contributed by atoms with van der Waals surface area (Å²) in [4.78, 5) is 26.4. The second-order valence-electron chi connectivity index (χ2n) is 6.92. The summed E-state index contributed by atoms with van der Waals surface area (Å²) in [5, 5.41) is 6.25. The molecule has 0 aliphatic rings. The van der Waals surface area contributed by atoms with Crippen molar-refractivity contribution >= 4 is 28.2 Å². The van der Waals surface area contributed by atoms with Gasteiger partial charge in [0.15, 0.2) is 11.6 Å². The van der Waals surface area contributed by atoms with E-state index in [-0.39, 0.29) is 5.39 Å². The van der Waals surface area contributed by atoms with Crippen LogP contribution in [0.15, 0.2) is 59.7 Å². The van der Waals surface area contributed by atoms with Crippen molar-refractivity contribution in [3.8, 4) is 5.69 Å². The molecular formula is C22H22FN7O. The molecule has 4 aromatic rings. The molecule has 0 aliphatic heterocycles. The van der Waals surface area contributed by atoms with Crippen molar-refractivity contribution in [2.45, 2.75) is 19.4 Å². The minimum atomic E-state index is -0.603. The van der Waals surface area contributed by atoms with Crippen molar-refractivity contribution in [3.05, 3.63) is 76.9 Å². The van der Waals surface area contributed by atoms with Gasteiger partial charge in [-0.15, -0.1) is 0 Å². The molecule has 0 aliphatic carbocycles. The fourth-order valence-electron chi connectivity index (χ4n) is 3.54. The van der Waals surface area contributed by atoms with Crippen molar-refractivity contribution in [2.24, 2.45) is 0 Å². The Labute approximate surface area is 178 Å². The maximum atomic E-state index is 14.5. The molecule has 0 amide bonds. The Hall–Kier alpha value is -4.01. The van der Waals surface area contributed by atoms with E-state index in [9.17, 15) is 9.18 Å². The van der Waals surface area contributed by atoms with Crippen LogP contribution in [0.3, 0.4) is 0 Å². The molecule has 0 bridgehead atoms. The molecule has 0 saturated heterocycles. The molecule has 2 aromatic carbocycles. The van der Waals surface area contributed by atoms with Crippen LogP contribution >= 0.6 is 0 Å². The zero-order valence-corrected chi connectivity index (χ0v) is 17.1. The Bertz CT molecular complexity index is 1290. The average Bonchev–Trinajstić information content (AvgIpc) is 2.78. The summed E-state index contributed by atoms with van der Waals surface area (Å²) in [6.07, 6.45) is 1.94. The molecule has 0 unspecified atom stereocenters. The predicted molar refractivity (Wildman–Crippen MR) is 120 cm³/mol. The summed E-state index contributed by atoms with van der Waals surface area (Å²) in [6.45, 7) is 1.96. The number of nitrogens with two attached hydrogens (primary N) is 1. The zero-order valence-electron chi connectivity index (χ0n) is 17.1. The first-order chi connectivity index (χ1) is 15.0. The number of fused-ring (bicyclic) bond motifs is 1. The number of rotatable bonds is 6.